The Kier molecular flexibility index (Phi) is 4.84. The maximum Gasteiger partial charge on any atom is 0.239 e. The fourth-order valence-corrected chi connectivity index (χ4v) is 1.37. The van der Waals surface area contributed by atoms with Crippen molar-refractivity contribution in [1.29, 1.82) is 0 Å². The molecule has 1 aromatic rings. The van der Waals surface area contributed by atoms with Crippen LogP contribution in [0, 0.1) is 0 Å². The summed E-state index contributed by atoms with van der Waals surface area (Å²) in [6, 6.07) is 1.75. The van der Waals surface area contributed by atoms with Crippen LogP contribution in [0.2, 0.25) is 0 Å². The van der Waals surface area contributed by atoms with Crippen molar-refractivity contribution in [2.24, 2.45) is 0 Å². The van der Waals surface area contributed by atoms with Gasteiger partial charge in [-0.1, -0.05) is 11.8 Å². The highest BCUT2D eigenvalue weighted by atomic mass is 32.2. The number of hydrogen-bond donors (Lipinski definition) is 3. The van der Waals surface area contributed by atoms with Gasteiger partial charge < -0.3 is 16.0 Å². The summed E-state index contributed by atoms with van der Waals surface area (Å²) in [4.78, 5) is 19.5. The number of amides is 1. The van der Waals surface area contributed by atoms with E-state index in [1.807, 2.05) is 6.26 Å². The first-order chi connectivity index (χ1) is 7.69. The van der Waals surface area contributed by atoms with Crippen molar-refractivity contribution in [3.8, 4) is 0 Å². The van der Waals surface area contributed by atoms with Crippen LogP contribution in [0.25, 0.3) is 0 Å². The van der Waals surface area contributed by atoms with E-state index in [0.29, 0.717) is 11.0 Å². The molecule has 1 rings (SSSR count). The van der Waals surface area contributed by atoms with Gasteiger partial charge in [-0.05, 0) is 6.26 Å². The monoisotopic (exact) mass is 241 g/mol. The lowest BCUT2D eigenvalue weighted by Crippen LogP contribution is -2.26. The summed E-state index contributed by atoms with van der Waals surface area (Å²) in [6.07, 6.45) is 1.90. The van der Waals surface area contributed by atoms with E-state index in [1.165, 1.54) is 11.8 Å². The third-order valence-electron chi connectivity index (χ3n) is 1.85. The fraction of sp³-hybridized carbons (Fsp3) is 0.444. The number of carbonyl (C=O) groups is 1. The third kappa shape index (κ3) is 3.58. The molecule has 0 radical (unpaired) electrons. The van der Waals surface area contributed by atoms with E-state index < -0.39 is 0 Å². The summed E-state index contributed by atoms with van der Waals surface area (Å²) in [7, 11) is 3.38. The van der Waals surface area contributed by atoms with E-state index in [0.717, 1.165) is 5.82 Å². The van der Waals surface area contributed by atoms with Gasteiger partial charge in [-0.15, -0.1) is 0 Å². The number of carbonyl (C=O) groups excluding carboxylic acids is 1. The molecule has 16 heavy (non-hydrogen) atoms. The van der Waals surface area contributed by atoms with Crippen molar-refractivity contribution in [2.45, 2.75) is 5.16 Å². The van der Waals surface area contributed by atoms with Crippen molar-refractivity contribution in [1.82, 2.24) is 15.3 Å². The van der Waals surface area contributed by atoms with E-state index >= 15 is 0 Å². The summed E-state index contributed by atoms with van der Waals surface area (Å²) >= 11 is 1.45. The summed E-state index contributed by atoms with van der Waals surface area (Å²) < 4.78 is 0. The molecule has 0 aromatic carbocycles. The average molecular weight is 241 g/mol. The predicted molar refractivity (Wildman–Crippen MR) is 65.9 cm³/mol. The maximum atomic E-state index is 11.1. The molecule has 6 nitrogen and oxygen atoms in total. The van der Waals surface area contributed by atoms with Gasteiger partial charge in [0.05, 0.1) is 6.54 Å². The summed E-state index contributed by atoms with van der Waals surface area (Å²) in [5.41, 5.74) is 0. The van der Waals surface area contributed by atoms with Gasteiger partial charge in [-0.2, -0.15) is 0 Å². The Morgan fingerprint density at radius 2 is 2.06 bits per heavy atom. The zero-order chi connectivity index (χ0) is 12.0. The van der Waals surface area contributed by atoms with Crippen LogP contribution in [0.5, 0.6) is 0 Å². The van der Waals surface area contributed by atoms with Crippen molar-refractivity contribution in [3.63, 3.8) is 0 Å². The molecule has 3 N–H and O–H groups in total. The summed E-state index contributed by atoms with van der Waals surface area (Å²) in [5.74, 6) is 1.27. The van der Waals surface area contributed by atoms with Gasteiger partial charge in [0.2, 0.25) is 5.91 Å². The number of likely N-dealkylation sites (N-methyl/N-ethyl adjacent to an activating group) is 1. The molecule has 0 saturated carbocycles. The minimum absolute atomic E-state index is 0.0877. The molecule has 0 aliphatic heterocycles. The van der Waals surface area contributed by atoms with Crippen LogP contribution in [0.1, 0.15) is 0 Å². The number of nitrogens with one attached hydrogen (secondary N) is 3. The van der Waals surface area contributed by atoms with Crippen LogP contribution in [-0.2, 0) is 4.79 Å². The van der Waals surface area contributed by atoms with Gasteiger partial charge in [-0.25, -0.2) is 9.97 Å². The van der Waals surface area contributed by atoms with Gasteiger partial charge in [0.1, 0.15) is 11.6 Å². The lowest BCUT2D eigenvalue weighted by molar-refractivity contribution is -0.118. The topological polar surface area (TPSA) is 78.9 Å². The first kappa shape index (κ1) is 12.6. The molecular formula is C9H15N5OS. The molecule has 0 bridgehead atoms. The largest absolute Gasteiger partial charge is 0.373 e. The van der Waals surface area contributed by atoms with Gasteiger partial charge in [0, 0.05) is 20.2 Å². The summed E-state index contributed by atoms with van der Waals surface area (Å²) in [6.45, 7) is 0.199. The fourth-order valence-electron chi connectivity index (χ4n) is 0.994. The molecule has 0 saturated heterocycles. The van der Waals surface area contributed by atoms with Crippen LogP contribution in [-0.4, -0.2) is 42.8 Å². The van der Waals surface area contributed by atoms with Crippen LogP contribution < -0.4 is 16.0 Å². The van der Waals surface area contributed by atoms with Gasteiger partial charge >= 0.3 is 0 Å². The lowest BCUT2D eigenvalue weighted by atomic mass is 10.5. The number of aromatic nitrogens is 2. The van der Waals surface area contributed by atoms with Crippen molar-refractivity contribution < 1.29 is 4.79 Å². The number of nitrogens with zero attached hydrogens (tertiary/aromatic N) is 2. The number of anilines is 2. The molecule has 0 aliphatic rings. The third-order valence-corrected chi connectivity index (χ3v) is 2.40. The Morgan fingerprint density at radius 1 is 1.38 bits per heavy atom. The standard InChI is InChI=1S/C9H15N5OS/c1-10-6-4-7(12-5-8(15)11-2)14-9(13-6)16-3/h4H,5H2,1-3H3,(H,11,15)(H2,10,12,13,14). The first-order valence-electron chi connectivity index (χ1n) is 4.75. The minimum Gasteiger partial charge on any atom is -0.373 e. The Balaban J connectivity index is 2.74. The Bertz CT molecular complexity index is 349. The first-order valence-corrected chi connectivity index (χ1v) is 5.97. The molecule has 0 aliphatic carbocycles. The highest BCUT2D eigenvalue weighted by Crippen LogP contribution is 2.16. The minimum atomic E-state index is -0.0877. The zero-order valence-electron chi connectivity index (χ0n) is 9.50. The van der Waals surface area contributed by atoms with Crippen LogP contribution >= 0.6 is 11.8 Å². The Hall–Kier alpha value is -1.50. The molecule has 7 heteroatoms. The van der Waals surface area contributed by atoms with Gasteiger partial charge in [0.15, 0.2) is 5.16 Å². The highest BCUT2D eigenvalue weighted by Gasteiger charge is 2.04. The molecule has 1 heterocycles. The number of thioether (sulfide) groups is 1. The van der Waals surface area contributed by atoms with Crippen LogP contribution in [0.3, 0.4) is 0 Å². The second-order valence-electron chi connectivity index (χ2n) is 2.90. The second-order valence-corrected chi connectivity index (χ2v) is 3.68. The van der Waals surface area contributed by atoms with Gasteiger partial charge in [-0.3, -0.25) is 4.79 Å². The molecule has 1 amide bonds. The van der Waals surface area contributed by atoms with E-state index in [-0.39, 0.29) is 12.5 Å². The van der Waals surface area contributed by atoms with E-state index in [9.17, 15) is 4.79 Å². The van der Waals surface area contributed by atoms with Crippen LogP contribution in [0.4, 0.5) is 11.6 Å². The molecular weight excluding hydrogens is 226 g/mol. The molecule has 0 atom stereocenters. The molecule has 0 spiro atoms. The predicted octanol–water partition coefficient (Wildman–Crippen LogP) is 0.398. The van der Waals surface area contributed by atoms with Crippen molar-refractivity contribution in [3.05, 3.63) is 6.07 Å². The average Bonchev–Trinajstić information content (AvgIpc) is 2.35. The molecule has 1 aromatic heterocycles. The Morgan fingerprint density at radius 3 is 2.62 bits per heavy atom. The maximum absolute atomic E-state index is 11.1. The number of hydrogen-bond acceptors (Lipinski definition) is 6. The highest BCUT2D eigenvalue weighted by molar-refractivity contribution is 7.98. The van der Waals surface area contributed by atoms with Gasteiger partial charge in [0.25, 0.3) is 0 Å². The molecule has 0 fully saturated rings. The zero-order valence-corrected chi connectivity index (χ0v) is 10.3. The van der Waals surface area contributed by atoms with E-state index in [2.05, 4.69) is 25.9 Å². The summed E-state index contributed by atoms with van der Waals surface area (Å²) in [5, 5.41) is 9.05. The number of rotatable bonds is 5. The SMILES string of the molecule is CNC(=O)CNc1cc(NC)nc(SC)n1. The molecule has 88 valence electrons. The second kappa shape index (κ2) is 6.16. The lowest BCUT2D eigenvalue weighted by Gasteiger charge is -2.07. The molecule has 0 unspecified atom stereocenters. The van der Waals surface area contributed by atoms with Crippen LogP contribution in [0.15, 0.2) is 11.2 Å². The quantitative estimate of drug-likeness (QED) is 0.511. The van der Waals surface area contributed by atoms with Crippen molar-refractivity contribution in [2.75, 3.05) is 37.5 Å². The van der Waals surface area contributed by atoms with E-state index in [4.69, 9.17) is 0 Å². The Labute approximate surface area is 98.6 Å². The van der Waals surface area contributed by atoms with E-state index in [1.54, 1.807) is 20.2 Å². The smallest absolute Gasteiger partial charge is 0.239 e. The normalized spacial score (nSPS) is 9.69. The van der Waals surface area contributed by atoms with Crippen molar-refractivity contribution >= 4 is 29.3 Å².